The number of carbonyl (C=O) groups excluding carboxylic acids is 1. The second-order valence-electron chi connectivity index (χ2n) is 7.28. The number of aromatic nitrogens is 3. The molecule has 1 amide bonds. The minimum Gasteiger partial charge on any atom is -0.497 e. The van der Waals surface area contributed by atoms with E-state index in [0.29, 0.717) is 5.75 Å². The van der Waals surface area contributed by atoms with Gasteiger partial charge in [-0.2, -0.15) is 0 Å². The van der Waals surface area contributed by atoms with Crippen molar-refractivity contribution in [3.8, 4) is 17.1 Å². The van der Waals surface area contributed by atoms with E-state index in [1.807, 2.05) is 56.9 Å². The molecule has 0 radical (unpaired) electrons. The van der Waals surface area contributed by atoms with Crippen molar-refractivity contribution in [2.75, 3.05) is 12.9 Å². The third-order valence-electron chi connectivity index (χ3n) is 4.25. The summed E-state index contributed by atoms with van der Waals surface area (Å²) in [6, 6.07) is 8.30. The van der Waals surface area contributed by atoms with Crippen LogP contribution in [0.1, 0.15) is 47.6 Å². The minimum absolute atomic E-state index is 0.120. The summed E-state index contributed by atoms with van der Waals surface area (Å²) in [6.45, 7) is 12.4. The van der Waals surface area contributed by atoms with E-state index in [9.17, 15) is 4.79 Å². The van der Waals surface area contributed by atoms with Gasteiger partial charge in [0.05, 0.1) is 12.9 Å². The van der Waals surface area contributed by atoms with Crippen molar-refractivity contribution in [3.63, 3.8) is 0 Å². The molecule has 2 aromatic rings. The van der Waals surface area contributed by atoms with Crippen molar-refractivity contribution >= 4 is 17.7 Å². The molecule has 0 unspecified atom stereocenters. The number of carbonyl (C=O) groups is 1. The average molecular weight is 391 g/mol. The molecule has 2 rings (SSSR count). The molecule has 0 spiro atoms. The molecule has 7 heteroatoms. The van der Waals surface area contributed by atoms with Crippen LogP contribution in [0.5, 0.6) is 5.75 Å². The van der Waals surface area contributed by atoms with Gasteiger partial charge in [-0.1, -0.05) is 11.8 Å². The number of rotatable bonds is 8. The highest BCUT2D eigenvalue weighted by Gasteiger charge is 2.22. The smallest absolute Gasteiger partial charge is 0.233 e. The Morgan fingerprint density at radius 3 is 2.15 bits per heavy atom. The monoisotopic (exact) mass is 390 g/mol. The van der Waals surface area contributed by atoms with Crippen LogP contribution in [-0.2, 0) is 4.79 Å². The van der Waals surface area contributed by atoms with Crippen LogP contribution in [0.2, 0.25) is 0 Å². The number of thioether (sulfide) groups is 1. The van der Waals surface area contributed by atoms with Gasteiger partial charge in [-0.3, -0.25) is 9.36 Å². The minimum atomic E-state index is 0.120. The Hall–Kier alpha value is -2.02. The molecule has 148 valence electrons. The zero-order valence-corrected chi connectivity index (χ0v) is 18.1. The highest BCUT2D eigenvalue weighted by molar-refractivity contribution is 7.99. The number of benzene rings is 1. The van der Waals surface area contributed by atoms with E-state index in [4.69, 9.17) is 4.74 Å². The summed E-state index contributed by atoms with van der Waals surface area (Å²) in [4.78, 5) is 14.6. The Bertz CT molecular complexity index is 746. The molecule has 27 heavy (non-hydrogen) atoms. The van der Waals surface area contributed by atoms with Crippen LogP contribution in [0.25, 0.3) is 11.4 Å². The molecule has 0 aliphatic carbocycles. The quantitative estimate of drug-likeness (QED) is 0.630. The molecule has 0 atom stereocenters. The van der Waals surface area contributed by atoms with Crippen LogP contribution in [0.4, 0.5) is 0 Å². The molecule has 0 aliphatic rings. The molecular formula is C20H30N4O2S. The maximum absolute atomic E-state index is 12.7. The lowest BCUT2D eigenvalue weighted by Crippen LogP contribution is -2.43. The van der Waals surface area contributed by atoms with Crippen LogP contribution in [0.3, 0.4) is 0 Å². The van der Waals surface area contributed by atoms with Crippen LogP contribution >= 0.6 is 11.8 Å². The van der Waals surface area contributed by atoms with E-state index in [-0.39, 0.29) is 24.0 Å². The third kappa shape index (κ3) is 5.03. The van der Waals surface area contributed by atoms with Gasteiger partial charge < -0.3 is 9.64 Å². The first-order valence-electron chi connectivity index (χ1n) is 9.29. The number of nitrogens with zero attached hydrogens (tertiary/aromatic N) is 4. The summed E-state index contributed by atoms with van der Waals surface area (Å²) in [7, 11) is 1.65. The van der Waals surface area contributed by atoms with E-state index in [0.717, 1.165) is 22.3 Å². The highest BCUT2D eigenvalue weighted by Crippen LogP contribution is 2.29. The van der Waals surface area contributed by atoms with Crippen molar-refractivity contribution in [3.05, 3.63) is 24.3 Å². The van der Waals surface area contributed by atoms with Crippen LogP contribution in [0.15, 0.2) is 29.4 Å². The molecule has 0 saturated heterocycles. The van der Waals surface area contributed by atoms with Gasteiger partial charge in [-0.25, -0.2) is 0 Å². The first-order chi connectivity index (χ1) is 12.8. The molecule has 1 heterocycles. The lowest BCUT2D eigenvalue weighted by molar-refractivity contribution is -0.131. The van der Waals surface area contributed by atoms with Crippen LogP contribution in [-0.4, -0.2) is 50.5 Å². The Kier molecular flexibility index (Phi) is 7.30. The molecule has 0 bridgehead atoms. The topological polar surface area (TPSA) is 60.3 Å². The van der Waals surface area contributed by atoms with Crippen molar-refractivity contribution in [1.29, 1.82) is 0 Å². The average Bonchev–Trinajstić information content (AvgIpc) is 3.03. The standard InChI is InChI=1S/C20H30N4O2S/c1-13(2)23(14(3)4)18(25)12-27-20-22-21-19(24(20)15(5)6)16-8-10-17(26-7)11-9-16/h8-11,13-15H,12H2,1-7H3. The Labute approximate surface area is 166 Å². The molecule has 6 nitrogen and oxygen atoms in total. The van der Waals surface area contributed by atoms with Gasteiger partial charge in [0, 0.05) is 23.7 Å². The van der Waals surface area contributed by atoms with Gasteiger partial charge in [0.1, 0.15) is 5.75 Å². The predicted octanol–water partition coefficient (Wildman–Crippen LogP) is 4.27. The van der Waals surface area contributed by atoms with Crippen molar-refractivity contribution in [1.82, 2.24) is 19.7 Å². The molecule has 1 aromatic heterocycles. The maximum atomic E-state index is 12.7. The number of ether oxygens (including phenoxy) is 1. The van der Waals surface area contributed by atoms with Crippen molar-refractivity contribution in [2.24, 2.45) is 0 Å². The van der Waals surface area contributed by atoms with E-state index in [1.165, 1.54) is 11.8 Å². The lowest BCUT2D eigenvalue weighted by atomic mass is 10.2. The molecule has 0 N–H and O–H groups in total. The van der Waals surface area contributed by atoms with Gasteiger partial charge in [0.15, 0.2) is 11.0 Å². The van der Waals surface area contributed by atoms with Gasteiger partial charge in [0.2, 0.25) is 5.91 Å². The summed E-state index contributed by atoms with van der Waals surface area (Å²) in [6.07, 6.45) is 0. The number of methoxy groups -OCH3 is 1. The number of hydrogen-bond donors (Lipinski definition) is 0. The van der Waals surface area contributed by atoms with Gasteiger partial charge in [-0.05, 0) is 65.8 Å². The Morgan fingerprint density at radius 1 is 1.07 bits per heavy atom. The van der Waals surface area contributed by atoms with Gasteiger partial charge >= 0.3 is 0 Å². The normalized spacial score (nSPS) is 11.5. The maximum Gasteiger partial charge on any atom is 0.233 e. The van der Waals surface area contributed by atoms with Crippen LogP contribution in [0, 0.1) is 0 Å². The van der Waals surface area contributed by atoms with Crippen molar-refractivity contribution in [2.45, 2.75) is 64.8 Å². The summed E-state index contributed by atoms with van der Waals surface area (Å²) < 4.78 is 7.30. The number of amides is 1. The molecular weight excluding hydrogens is 360 g/mol. The summed E-state index contributed by atoms with van der Waals surface area (Å²) in [5.74, 6) is 2.07. The Balaban J connectivity index is 2.23. The fraction of sp³-hybridized carbons (Fsp3) is 0.550. The summed E-state index contributed by atoms with van der Waals surface area (Å²) in [5, 5.41) is 9.49. The fourth-order valence-electron chi connectivity index (χ4n) is 3.15. The lowest BCUT2D eigenvalue weighted by Gasteiger charge is -2.30. The third-order valence-corrected chi connectivity index (χ3v) is 5.18. The molecule has 0 fully saturated rings. The van der Waals surface area contributed by atoms with Crippen molar-refractivity contribution < 1.29 is 9.53 Å². The Morgan fingerprint density at radius 2 is 1.67 bits per heavy atom. The van der Waals surface area contributed by atoms with E-state index in [2.05, 4.69) is 28.6 Å². The summed E-state index contributed by atoms with van der Waals surface area (Å²) in [5.41, 5.74) is 0.973. The second-order valence-corrected chi connectivity index (χ2v) is 8.22. The van der Waals surface area contributed by atoms with Crippen LogP contribution < -0.4 is 4.74 Å². The largest absolute Gasteiger partial charge is 0.497 e. The molecule has 0 aliphatic heterocycles. The zero-order chi connectivity index (χ0) is 20.1. The molecule has 0 saturated carbocycles. The first kappa shape index (κ1) is 21.3. The van der Waals surface area contributed by atoms with E-state index >= 15 is 0 Å². The SMILES string of the molecule is COc1ccc(-c2nnc(SCC(=O)N(C(C)C)C(C)C)n2C(C)C)cc1. The van der Waals surface area contributed by atoms with Gasteiger partial charge in [0.25, 0.3) is 0 Å². The number of hydrogen-bond acceptors (Lipinski definition) is 5. The van der Waals surface area contributed by atoms with Gasteiger partial charge in [-0.15, -0.1) is 10.2 Å². The first-order valence-corrected chi connectivity index (χ1v) is 10.3. The van der Waals surface area contributed by atoms with E-state index < -0.39 is 0 Å². The second kappa shape index (κ2) is 9.26. The predicted molar refractivity (Wildman–Crippen MR) is 110 cm³/mol. The highest BCUT2D eigenvalue weighted by atomic mass is 32.2. The zero-order valence-electron chi connectivity index (χ0n) is 17.3. The summed E-state index contributed by atoms with van der Waals surface area (Å²) >= 11 is 1.44. The molecule has 1 aromatic carbocycles. The fourth-order valence-corrected chi connectivity index (χ4v) is 4.09. The van der Waals surface area contributed by atoms with E-state index in [1.54, 1.807) is 7.11 Å².